The molecule has 1 aromatic heterocycles. The number of nitrogens with zero attached hydrogens (tertiary/aromatic N) is 1. The van der Waals surface area contributed by atoms with Crippen molar-refractivity contribution in [3.05, 3.63) is 34.4 Å². The van der Waals surface area contributed by atoms with Gasteiger partial charge in [0.15, 0.2) is 0 Å². The van der Waals surface area contributed by atoms with Crippen LogP contribution in [0, 0.1) is 0 Å². The van der Waals surface area contributed by atoms with Crippen LogP contribution in [0.1, 0.15) is 39.3 Å². The lowest BCUT2D eigenvalue weighted by Gasteiger charge is -2.16. The second-order valence-electron chi connectivity index (χ2n) is 5.26. The summed E-state index contributed by atoms with van der Waals surface area (Å²) in [6, 6.07) is 6.56. The predicted octanol–water partition coefficient (Wildman–Crippen LogP) is 4.21. The van der Waals surface area contributed by atoms with E-state index in [1.807, 2.05) is 19.9 Å². The number of rotatable bonds is 2. The summed E-state index contributed by atoms with van der Waals surface area (Å²) in [6.45, 7) is 7.95. The summed E-state index contributed by atoms with van der Waals surface area (Å²) in [7, 11) is 0. The maximum absolute atomic E-state index is 10.2. The summed E-state index contributed by atoms with van der Waals surface area (Å²) >= 11 is 3.50. The van der Waals surface area contributed by atoms with Crippen molar-refractivity contribution in [1.82, 2.24) is 4.57 Å². The van der Waals surface area contributed by atoms with Crippen LogP contribution in [0.2, 0.25) is 0 Å². The molecule has 0 aliphatic rings. The standard InChI is InChI=1S/C14H18BrNO/c1-9(2)16-8-12(14(3,4)17)11-6-5-10(15)7-13(11)16/h5-9,17H,1-4H3. The van der Waals surface area contributed by atoms with Gasteiger partial charge in [0.2, 0.25) is 0 Å². The first-order valence-electron chi connectivity index (χ1n) is 5.83. The van der Waals surface area contributed by atoms with Crippen LogP contribution in [0.3, 0.4) is 0 Å². The van der Waals surface area contributed by atoms with E-state index in [2.05, 4.69) is 52.7 Å². The molecule has 0 saturated carbocycles. The average molecular weight is 296 g/mol. The van der Waals surface area contributed by atoms with E-state index in [1.54, 1.807) is 0 Å². The summed E-state index contributed by atoms with van der Waals surface area (Å²) in [4.78, 5) is 0. The van der Waals surface area contributed by atoms with Gasteiger partial charge >= 0.3 is 0 Å². The summed E-state index contributed by atoms with van der Waals surface area (Å²) in [5, 5.41) is 11.3. The van der Waals surface area contributed by atoms with Crippen LogP contribution in [0.25, 0.3) is 10.9 Å². The van der Waals surface area contributed by atoms with Crippen molar-refractivity contribution in [1.29, 1.82) is 0 Å². The molecule has 2 nitrogen and oxygen atoms in total. The number of fused-ring (bicyclic) bond motifs is 1. The highest BCUT2D eigenvalue weighted by Crippen LogP contribution is 2.33. The Hall–Kier alpha value is -0.800. The van der Waals surface area contributed by atoms with Crippen LogP contribution in [0.5, 0.6) is 0 Å². The molecule has 0 atom stereocenters. The molecule has 0 bridgehead atoms. The van der Waals surface area contributed by atoms with Crippen molar-refractivity contribution in [2.45, 2.75) is 39.3 Å². The lowest BCUT2D eigenvalue weighted by molar-refractivity contribution is 0.0799. The van der Waals surface area contributed by atoms with E-state index in [0.29, 0.717) is 6.04 Å². The van der Waals surface area contributed by atoms with Crippen LogP contribution < -0.4 is 0 Å². The van der Waals surface area contributed by atoms with Crippen LogP contribution >= 0.6 is 15.9 Å². The smallest absolute Gasteiger partial charge is 0.0861 e. The largest absolute Gasteiger partial charge is 0.386 e. The van der Waals surface area contributed by atoms with Crippen molar-refractivity contribution < 1.29 is 5.11 Å². The lowest BCUT2D eigenvalue weighted by Crippen LogP contribution is -2.14. The Morgan fingerprint density at radius 3 is 2.47 bits per heavy atom. The number of aliphatic hydroxyl groups is 1. The Labute approximate surface area is 110 Å². The number of aromatic nitrogens is 1. The lowest BCUT2D eigenvalue weighted by atomic mass is 9.98. The molecule has 1 N–H and O–H groups in total. The van der Waals surface area contributed by atoms with E-state index in [-0.39, 0.29) is 0 Å². The Kier molecular flexibility index (Phi) is 3.08. The predicted molar refractivity (Wildman–Crippen MR) is 75.3 cm³/mol. The maximum atomic E-state index is 10.2. The number of benzene rings is 1. The molecular formula is C14H18BrNO. The first-order valence-corrected chi connectivity index (χ1v) is 6.63. The number of halogens is 1. The Morgan fingerprint density at radius 2 is 1.94 bits per heavy atom. The van der Waals surface area contributed by atoms with E-state index < -0.39 is 5.60 Å². The molecule has 3 heteroatoms. The summed E-state index contributed by atoms with van der Waals surface area (Å²) in [5.74, 6) is 0. The van der Waals surface area contributed by atoms with Gasteiger partial charge in [0.05, 0.1) is 5.60 Å². The van der Waals surface area contributed by atoms with Gasteiger partial charge in [0.25, 0.3) is 0 Å². The van der Waals surface area contributed by atoms with Crippen LogP contribution in [-0.4, -0.2) is 9.67 Å². The molecule has 1 heterocycles. The topological polar surface area (TPSA) is 25.2 Å². The zero-order chi connectivity index (χ0) is 12.8. The zero-order valence-corrected chi connectivity index (χ0v) is 12.2. The fraction of sp³-hybridized carbons (Fsp3) is 0.429. The summed E-state index contributed by atoms with van der Waals surface area (Å²) < 4.78 is 3.26. The third-order valence-corrected chi connectivity index (χ3v) is 3.51. The molecule has 2 aromatic rings. The summed E-state index contributed by atoms with van der Waals surface area (Å²) in [6.07, 6.45) is 2.06. The van der Waals surface area contributed by atoms with Gasteiger partial charge in [-0.05, 0) is 39.8 Å². The molecule has 0 unspecified atom stereocenters. The Bertz CT molecular complexity index is 549. The number of hydrogen-bond acceptors (Lipinski definition) is 1. The van der Waals surface area contributed by atoms with Crippen molar-refractivity contribution >= 4 is 26.8 Å². The maximum Gasteiger partial charge on any atom is 0.0861 e. The second kappa shape index (κ2) is 4.14. The zero-order valence-electron chi connectivity index (χ0n) is 10.7. The van der Waals surface area contributed by atoms with E-state index in [9.17, 15) is 5.11 Å². The molecule has 0 aliphatic heterocycles. The summed E-state index contributed by atoms with van der Waals surface area (Å²) in [5.41, 5.74) is 1.33. The third-order valence-electron chi connectivity index (χ3n) is 3.01. The molecule has 0 spiro atoms. The van der Waals surface area contributed by atoms with Gasteiger partial charge in [-0.1, -0.05) is 22.0 Å². The molecular weight excluding hydrogens is 278 g/mol. The second-order valence-corrected chi connectivity index (χ2v) is 6.18. The fourth-order valence-corrected chi connectivity index (χ4v) is 2.49. The minimum absolute atomic E-state index is 0.378. The minimum Gasteiger partial charge on any atom is -0.386 e. The van der Waals surface area contributed by atoms with E-state index in [0.717, 1.165) is 20.9 Å². The molecule has 2 rings (SSSR count). The molecule has 1 aromatic carbocycles. The van der Waals surface area contributed by atoms with Gasteiger partial charge in [-0.15, -0.1) is 0 Å². The first-order chi connectivity index (χ1) is 7.80. The van der Waals surface area contributed by atoms with Crippen molar-refractivity contribution in [3.8, 4) is 0 Å². The highest BCUT2D eigenvalue weighted by Gasteiger charge is 2.22. The Balaban J connectivity index is 2.80. The van der Waals surface area contributed by atoms with Gasteiger partial charge in [-0.2, -0.15) is 0 Å². The number of hydrogen-bond donors (Lipinski definition) is 1. The quantitative estimate of drug-likeness (QED) is 0.882. The van der Waals surface area contributed by atoms with Crippen molar-refractivity contribution in [3.63, 3.8) is 0 Å². The SMILES string of the molecule is CC(C)n1cc(C(C)(C)O)c2ccc(Br)cc21. The molecule has 0 amide bonds. The molecule has 0 fully saturated rings. The minimum atomic E-state index is -0.813. The highest BCUT2D eigenvalue weighted by atomic mass is 79.9. The van der Waals surface area contributed by atoms with Crippen LogP contribution in [-0.2, 0) is 5.60 Å². The average Bonchev–Trinajstić information content (AvgIpc) is 2.55. The van der Waals surface area contributed by atoms with E-state index in [4.69, 9.17) is 0 Å². The Morgan fingerprint density at radius 1 is 1.29 bits per heavy atom. The normalized spacial score (nSPS) is 12.6. The highest BCUT2D eigenvalue weighted by molar-refractivity contribution is 9.10. The molecule has 17 heavy (non-hydrogen) atoms. The first kappa shape index (κ1) is 12.7. The van der Waals surface area contributed by atoms with Gasteiger partial charge in [0.1, 0.15) is 0 Å². The van der Waals surface area contributed by atoms with Crippen LogP contribution in [0.4, 0.5) is 0 Å². The molecule has 0 aliphatic carbocycles. The monoisotopic (exact) mass is 295 g/mol. The molecule has 0 radical (unpaired) electrons. The van der Waals surface area contributed by atoms with E-state index in [1.165, 1.54) is 0 Å². The van der Waals surface area contributed by atoms with Crippen molar-refractivity contribution in [2.75, 3.05) is 0 Å². The van der Waals surface area contributed by atoms with Crippen molar-refractivity contribution in [2.24, 2.45) is 0 Å². The van der Waals surface area contributed by atoms with E-state index >= 15 is 0 Å². The van der Waals surface area contributed by atoms with Gasteiger partial charge < -0.3 is 9.67 Å². The van der Waals surface area contributed by atoms with Crippen LogP contribution in [0.15, 0.2) is 28.9 Å². The molecule has 0 saturated heterocycles. The van der Waals surface area contributed by atoms with Gasteiger partial charge in [-0.3, -0.25) is 0 Å². The third kappa shape index (κ3) is 2.26. The van der Waals surface area contributed by atoms with Gasteiger partial charge in [0, 0.05) is 33.2 Å². The fourth-order valence-electron chi connectivity index (χ4n) is 2.14. The van der Waals surface area contributed by atoms with Gasteiger partial charge in [-0.25, -0.2) is 0 Å². The molecule has 92 valence electrons.